The molecular formula is C22H21BrN2O5. The lowest BCUT2D eigenvalue weighted by atomic mass is 10.1. The highest BCUT2D eigenvalue weighted by atomic mass is 79.9. The van der Waals surface area contributed by atoms with Crippen molar-refractivity contribution in [2.24, 2.45) is 0 Å². The lowest BCUT2D eigenvalue weighted by Crippen LogP contribution is -2.25. The standard InChI is InChI=1S/C22H21BrN2O5/c1-3-10-25-22(27)16(13-24)11-15-4-9-19(20(12-15)28-2)30-21(26)14-29-18-7-5-17(23)6-8-18/h4-9,11-12H,3,10,14H2,1-2H3,(H,25,27)/b16-11+. The Hall–Kier alpha value is -3.31. The van der Waals surface area contributed by atoms with Gasteiger partial charge in [0.05, 0.1) is 7.11 Å². The van der Waals surface area contributed by atoms with Crippen molar-refractivity contribution in [2.45, 2.75) is 13.3 Å². The predicted octanol–water partition coefficient (Wildman–Crippen LogP) is 3.88. The average molecular weight is 473 g/mol. The van der Waals surface area contributed by atoms with Crippen LogP contribution in [0.2, 0.25) is 0 Å². The molecule has 1 N–H and O–H groups in total. The number of benzene rings is 2. The Kier molecular flexibility index (Phi) is 8.91. The molecule has 0 saturated carbocycles. The molecule has 0 aromatic heterocycles. The summed E-state index contributed by atoms with van der Waals surface area (Å²) in [4.78, 5) is 24.1. The first kappa shape index (κ1) is 23.0. The number of carbonyl (C=O) groups excluding carboxylic acids is 2. The molecule has 0 bridgehead atoms. The molecule has 0 aliphatic carbocycles. The quantitative estimate of drug-likeness (QED) is 0.257. The van der Waals surface area contributed by atoms with Crippen molar-refractivity contribution in [1.82, 2.24) is 5.32 Å². The van der Waals surface area contributed by atoms with E-state index in [1.54, 1.807) is 36.4 Å². The number of hydrogen-bond acceptors (Lipinski definition) is 6. The van der Waals surface area contributed by atoms with Gasteiger partial charge in [-0.1, -0.05) is 28.9 Å². The number of rotatable bonds is 9. The summed E-state index contributed by atoms with van der Waals surface area (Å²) < 4.78 is 16.9. The summed E-state index contributed by atoms with van der Waals surface area (Å²) in [6.07, 6.45) is 2.21. The van der Waals surface area contributed by atoms with E-state index in [1.807, 2.05) is 13.0 Å². The van der Waals surface area contributed by atoms with Crippen LogP contribution >= 0.6 is 15.9 Å². The second kappa shape index (κ2) is 11.6. The number of nitrogens with zero attached hydrogens (tertiary/aromatic N) is 1. The molecule has 0 spiro atoms. The Bertz CT molecular complexity index is 964. The monoisotopic (exact) mass is 472 g/mol. The Balaban J connectivity index is 2.06. The van der Waals surface area contributed by atoms with Gasteiger partial charge in [0.25, 0.3) is 5.91 Å². The molecule has 0 unspecified atom stereocenters. The van der Waals surface area contributed by atoms with Gasteiger partial charge in [-0.25, -0.2) is 4.79 Å². The maximum absolute atomic E-state index is 12.1. The molecule has 0 radical (unpaired) electrons. The summed E-state index contributed by atoms with van der Waals surface area (Å²) in [6, 6.07) is 13.6. The van der Waals surface area contributed by atoms with Crippen molar-refractivity contribution in [3.63, 3.8) is 0 Å². The zero-order valence-corrected chi connectivity index (χ0v) is 18.2. The van der Waals surface area contributed by atoms with Crippen LogP contribution in [0, 0.1) is 11.3 Å². The van der Waals surface area contributed by atoms with Crippen LogP contribution in [0.3, 0.4) is 0 Å². The van der Waals surface area contributed by atoms with Gasteiger partial charge in [0, 0.05) is 11.0 Å². The van der Waals surface area contributed by atoms with Crippen LogP contribution in [0.1, 0.15) is 18.9 Å². The molecule has 8 heteroatoms. The molecule has 0 saturated heterocycles. The minimum absolute atomic E-state index is 0.0295. The first-order chi connectivity index (χ1) is 14.5. The molecule has 7 nitrogen and oxygen atoms in total. The smallest absolute Gasteiger partial charge is 0.349 e. The zero-order chi connectivity index (χ0) is 21.9. The molecule has 0 atom stereocenters. The highest BCUT2D eigenvalue weighted by Gasteiger charge is 2.13. The van der Waals surface area contributed by atoms with Gasteiger partial charge in [-0.2, -0.15) is 5.26 Å². The highest BCUT2D eigenvalue weighted by molar-refractivity contribution is 9.10. The van der Waals surface area contributed by atoms with Crippen LogP contribution in [0.5, 0.6) is 17.2 Å². The predicted molar refractivity (Wildman–Crippen MR) is 115 cm³/mol. The summed E-state index contributed by atoms with van der Waals surface area (Å²) in [5, 5.41) is 11.9. The number of hydrogen-bond donors (Lipinski definition) is 1. The number of carbonyl (C=O) groups is 2. The van der Waals surface area contributed by atoms with Crippen molar-refractivity contribution in [3.05, 3.63) is 58.1 Å². The van der Waals surface area contributed by atoms with E-state index in [-0.39, 0.29) is 23.7 Å². The molecule has 0 aliphatic heterocycles. The second-order valence-corrected chi connectivity index (χ2v) is 6.97. The first-order valence-electron chi connectivity index (χ1n) is 9.14. The van der Waals surface area contributed by atoms with Crippen LogP contribution in [0.15, 0.2) is 52.5 Å². The summed E-state index contributed by atoms with van der Waals surface area (Å²) in [5.41, 5.74) is 0.527. The van der Waals surface area contributed by atoms with E-state index >= 15 is 0 Å². The number of amides is 1. The molecule has 30 heavy (non-hydrogen) atoms. The number of ether oxygens (including phenoxy) is 3. The van der Waals surface area contributed by atoms with E-state index < -0.39 is 11.9 Å². The Morgan fingerprint density at radius 1 is 1.17 bits per heavy atom. The first-order valence-corrected chi connectivity index (χ1v) is 9.93. The van der Waals surface area contributed by atoms with Gasteiger partial charge < -0.3 is 19.5 Å². The minimum atomic E-state index is -0.601. The molecule has 2 rings (SSSR count). The van der Waals surface area contributed by atoms with Gasteiger partial charge in [0.15, 0.2) is 18.1 Å². The van der Waals surface area contributed by atoms with Gasteiger partial charge in [-0.3, -0.25) is 4.79 Å². The molecule has 0 heterocycles. The van der Waals surface area contributed by atoms with Gasteiger partial charge in [0.2, 0.25) is 0 Å². The van der Waals surface area contributed by atoms with Crippen molar-refractivity contribution in [1.29, 1.82) is 5.26 Å². The van der Waals surface area contributed by atoms with Crippen LogP contribution < -0.4 is 19.5 Å². The molecule has 2 aromatic carbocycles. The Morgan fingerprint density at radius 3 is 2.53 bits per heavy atom. The van der Waals surface area contributed by atoms with Crippen LogP contribution in [-0.4, -0.2) is 32.1 Å². The number of esters is 1. The van der Waals surface area contributed by atoms with E-state index in [0.717, 1.165) is 10.9 Å². The topological polar surface area (TPSA) is 97.7 Å². The van der Waals surface area contributed by atoms with E-state index in [1.165, 1.54) is 19.3 Å². The lowest BCUT2D eigenvalue weighted by Gasteiger charge is -2.11. The molecular weight excluding hydrogens is 452 g/mol. The third kappa shape index (κ3) is 6.94. The average Bonchev–Trinajstić information content (AvgIpc) is 2.76. The summed E-state index contributed by atoms with van der Waals surface area (Å²) >= 11 is 3.32. The fraction of sp³-hybridized carbons (Fsp3) is 0.227. The molecule has 0 aliphatic rings. The zero-order valence-electron chi connectivity index (χ0n) is 16.6. The van der Waals surface area contributed by atoms with Gasteiger partial charge >= 0.3 is 5.97 Å². The third-order valence-electron chi connectivity index (χ3n) is 3.79. The van der Waals surface area contributed by atoms with Gasteiger partial charge in [-0.05, 0) is 54.5 Å². The van der Waals surface area contributed by atoms with Gasteiger partial charge in [-0.15, -0.1) is 0 Å². The van der Waals surface area contributed by atoms with Crippen molar-refractivity contribution < 1.29 is 23.8 Å². The molecule has 2 aromatic rings. The number of halogens is 1. The number of nitriles is 1. The van der Waals surface area contributed by atoms with E-state index in [4.69, 9.17) is 14.2 Å². The van der Waals surface area contributed by atoms with Crippen molar-refractivity contribution >= 4 is 33.9 Å². The van der Waals surface area contributed by atoms with Gasteiger partial charge in [0.1, 0.15) is 17.4 Å². The second-order valence-electron chi connectivity index (χ2n) is 6.05. The molecule has 0 fully saturated rings. The third-order valence-corrected chi connectivity index (χ3v) is 4.32. The van der Waals surface area contributed by atoms with Crippen LogP contribution in [-0.2, 0) is 9.59 Å². The minimum Gasteiger partial charge on any atom is -0.493 e. The Labute approximate surface area is 183 Å². The van der Waals surface area contributed by atoms with E-state index in [0.29, 0.717) is 17.9 Å². The van der Waals surface area contributed by atoms with Crippen molar-refractivity contribution in [3.8, 4) is 23.3 Å². The van der Waals surface area contributed by atoms with Crippen LogP contribution in [0.4, 0.5) is 0 Å². The molecule has 1 amide bonds. The largest absolute Gasteiger partial charge is 0.493 e. The fourth-order valence-corrected chi connectivity index (χ4v) is 2.60. The summed E-state index contributed by atoms with van der Waals surface area (Å²) in [7, 11) is 1.43. The SMILES string of the molecule is CCCNC(=O)/C(C#N)=C/c1ccc(OC(=O)COc2ccc(Br)cc2)c(OC)c1. The fourth-order valence-electron chi connectivity index (χ4n) is 2.33. The number of methoxy groups -OCH3 is 1. The maximum atomic E-state index is 12.1. The highest BCUT2D eigenvalue weighted by Crippen LogP contribution is 2.29. The van der Waals surface area contributed by atoms with E-state index in [2.05, 4.69) is 21.2 Å². The lowest BCUT2D eigenvalue weighted by molar-refractivity contribution is -0.136. The van der Waals surface area contributed by atoms with Crippen LogP contribution in [0.25, 0.3) is 6.08 Å². The maximum Gasteiger partial charge on any atom is 0.349 e. The summed E-state index contributed by atoms with van der Waals surface area (Å²) in [5.74, 6) is -0.0249. The number of nitrogens with one attached hydrogen (secondary N) is 1. The Morgan fingerprint density at radius 2 is 1.90 bits per heavy atom. The van der Waals surface area contributed by atoms with Crippen molar-refractivity contribution in [2.75, 3.05) is 20.3 Å². The van der Waals surface area contributed by atoms with E-state index in [9.17, 15) is 14.9 Å². The normalized spacial score (nSPS) is 10.7. The molecule has 156 valence electrons. The summed E-state index contributed by atoms with van der Waals surface area (Å²) in [6.45, 7) is 2.13.